The molecule has 1 amide bonds. The van der Waals surface area contributed by atoms with Gasteiger partial charge in [0, 0.05) is 5.56 Å². The van der Waals surface area contributed by atoms with Crippen LogP contribution in [0.3, 0.4) is 0 Å². The third-order valence-electron chi connectivity index (χ3n) is 4.17. The first-order chi connectivity index (χ1) is 14.2. The molecule has 2 rings (SSSR count). The van der Waals surface area contributed by atoms with E-state index in [0.29, 0.717) is 5.56 Å². The first-order valence-corrected chi connectivity index (χ1v) is 11.7. The van der Waals surface area contributed by atoms with E-state index >= 15 is 0 Å². The third kappa shape index (κ3) is 5.06. The second kappa shape index (κ2) is 9.86. The standard InChI is InChI=1S/C20H23NO7S2/c1-5-27-19(23)15-12(4)16(20(24)28-6-2)29-18(15)21-17(22)13-8-10-14(11-9-13)30(25,26)7-3/h8-11H,5-7H2,1-4H3,(H,21,22). The summed E-state index contributed by atoms with van der Waals surface area (Å²) in [6, 6.07) is 5.47. The summed E-state index contributed by atoms with van der Waals surface area (Å²) >= 11 is 0.919. The highest BCUT2D eigenvalue weighted by atomic mass is 32.2. The van der Waals surface area contributed by atoms with Gasteiger partial charge in [0.15, 0.2) is 9.84 Å². The number of benzene rings is 1. The van der Waals surface area contributed by atoms with E-state index in [0.717, 1.165) is 11.3 Å². The van der Waals surface area contributed by atoms with Crippen LogP contribution in [0.4, 0.5) is 5.00 Å². The number of esters is 2. The van der Waals surface area contributed by atoms with Crippen molar-refractivity contribution >= 4 is 44.0 Å². The molecule has 0 spiro atoms. The van der Waals surface area contributed by atoms with Crippen LogP contribution < -0.4 is 5.32 Å². The summed E-state index contributed by atoms with van der Waals surface area (Å²) in [5.74, 6) is -1.87. The van der Waals surface area contributed by atoms with Crippen LogP contribution >= 0.6 is 11.3 Å². The molecular formula is C20H23NO7S2. The number of hydrogen-bond acceptors (Lipinski definition) is 8. The lowest BCUT2D eigenvalue weighted by Crippen LogP contribution is -2.15. The third-order valence-corrected chi connectivity index (χ3v) is 7.11. The average molecular weight is 454 g/mol. The van der Waals surface area contributed by atoms with Crippen molar-refractivity contribution in [1.29, 1.82) is 0 Å². The molecule has 1 N–H and O–H groups in total. The minimum absolute atomic E-state index is 0.0491. The summed E-state index contributed by atoms with van der Waals surface area (Å²) < 4.78 is 33.9. The molecule has 2 aromatic rings. The number of hydrogen-bond donors (Lipinski definition) is 1. The number of nitrogens with one attached hydrogen (secondary N) is 1. The van der Waals surface area contributed by atoms with E-state index in [1.165, 1.54) is 31.2 Å². The molecule has 10 heteroatoms. The Hall–Kier alpha value is -2.72. The van der Waals surface area contributed by atoms with Crippen molar-refractivity contribution < 1.29 is 32.3 Å². The Morgan fingerprint density at radius 1 is 0.967 bits per heavy atom. The summed E-state index contributed by atoms with van der Waals surface area (Å²) in [5.41, 5.74) is 0.642. The predicted octanol–water partition coefficient (Wildman–Crippen LogP) is 3.46. The van der Waals surface area contributed by atoms with Crippen molar-refractivity contribution in [2.45, 2.75) is 32.6 Å². The number of amides is 1. The number of rotatable bonds is 8. The van der Waals surface area contributed by atoms with Crippen LogP contribution in [0.1, 0.15) is 56.7 Å². The van der Waals surface area contributed by atoms with Gasteiger partial charge in [-0.15, -0.1) is 11.3 Å². The van der Waals surface area contributed by atoms with E-state index in [1.807, 2.05) is 0 Å². The summed E-state index contributed by atoms with van der Waals surface area (Å²) in [7, 11) is -3.38. The molecule has 0 aliphatic carbocycles. The zero-order chi connectivity index (χ0) is 22.5. The zero-order valence-corrected chi connectivity index (χ0v) is 18.7. The molecule has 1 aromatic heterocycles. The monoisotopic (exact) mass is 453 g/mol. The molecule has 0 aliphatic rings. The van der Waals surface area contributed by atoms with Gasteiger partial charge in [0.1, 0.15) is 9.88 Å². The van der Waals surface area contributed by atoms with E-state index in [4.69, 9.17) is 9.47 Å². The average Bonchev–Trinajstić information content (AvgIpc) is 3.04. The van der Waals surface area contributed by atoms with E-state index in [2.05, 4.69) is 5.32 Å². The van der Waals surface area contributed by atoms with Gasteiger partial charge in [0.05, 0.1) is 29.4 Å². The zero-order valence-electron chi connectivity index (χ0n) is 17.1. The SMILES string of the molecule is CCOC(=O)c1sc(NC(=O)c2ccc(S(=O)(=O)CC)cc2)c(C(=O)OCC)c1C. The second-order valence-corrected chi connectivity index (χ2v) is 9.38. The Bertz CT molecular complexity index is 1050. The van der Waals surface area contributed by atoms with Gasteiger partial charge in [-0.05, 0) is 50.6 Å². The van der Waals surface area contributed by atoms with Crippen LogP contribution in [0.15, 0.2) is 29.2 Å². The maximum absolute atomic E-state index is 12.7. The number of thiophene rings is 1. The van der Waals surface area contributed by atoms with Gasteiger partial charge in [0.2, 0.25) is 0 Å². The molecule has 0 radical (unpaired) electrons. The molecule has 0 unspecified atom stereocenters. The molecular weight excluding hydrogens is 430 g/mol. The summed E-state index contributed by atoms with van der Waals surface area (Å²) in [6.07, 6.45) is 0. The Balaban J connectivity index is 2.38. The molecule has 0 saturated heterocycles. The minimum Gasteiger partial charge on any atom is -0.462 e. The lowest BCUT2D eigenvalue weighted by molar-refractivity contribution is 0.0527. The normalized spacial score (nSPS) is 11.1. The van der Waals surface area contributed by atoms with Crippen molar-refractivity contribution in [2.24, 2.45) is 0 Å². The summed E-state index contributed by atoms with van der Waals surface area (Å²) in [6.45, 7) is 6.72. The van der Waals surface area contributed by atoms with Crippen LogP contribution in [-0.2, 0) is 19.3 Å². The number of carbonyl (C=O) groups is 3. The lowest BCUT2D eigenvalue weighted by atomic mass is 10.1. The summed E-state index contributed by atoms with van der Waals surface area (Å²) in [4.78, 5) is 37.6. The minimum atomic E-state index is -3.38. The van der Waals surface area contributed by atoms with Gasteiger partial charge < -0.3 is 14.8 Å². The Labute approximate surface area is 179 Å². The van der Waals surface area contributed by atoms with Crippen LogP contribution in [0.5, 0.6) is 0 Å². The van der Waals surface area contributed by atoms with Crippen molar-refractivity contribution in [3.8, 4) is 0 Å². The molecule has 0 saturated carbocycles. The Kier molecular flexibility index (Phi) is 7.74. The largest absolute Gasteiger partial charge is 0.462 e. The van der Waals surface area contributed by atoms with Gasteiger partial charge in [-0.3, -0.25) is 4.79 Å². The van der Waals surface area contributed by atoms with Crippen LogP contribution in [0, 0.1) is 6.92 Å². The number of anilines is 1. The van der Waals surface area contributed by atoms with Gasteiger partial charge in [-0.2, -0.15) is 0 Å². The molecule has 0 fully saturated rings. The molecule has 1 aromatic carbocycles. The highest BCUT2D eigenvalue weighted by Gasteiger charge is 2.27. The van der Waals surface area contributed by atoms with E-state index in [1.54, 1.807) is 20.8 Å². The fraction of sp³-hybridized carbons (Fsp3) is 0.350. The first-order valence-electron chi connectivity index (χ1n) is 9.28. The van der Waals surface area contributed by atoms with Gasteiger partial charge in [-0.25, -0.2) is 18.0 Å². The van der Waals surface area contributed by atoms with E-state index in [9.17, 15) is 22.8 Å². The lowest BCUT2D eigenvalue weighted by Gasteiger charge is -2.08. The second-order valence-electron chi connectivity index (χ2n) is 6.08. The van der Waals surface area contributed by atoms with E-state index < -0.39 is 27.7 Å². The number of ether oxygens (including phenoxy) is 2. The molecule has 0 bridgehead atoms. The smallest absolute Gasteiger partial charge is 0.348 e. The Morgan fingerprint density at radius 3 is 2.07 bits per heavy atom. The number of carbonyl (C=O) groups excluding carboxylic acids is 3. The summed E-state index contributed by atoms with van der Waals surface area (Å²) in [5, 5.41) is 2.77. The Morgan fingerprint density at radius 2 is 1.53 bits per heavy atom. The molecule has 0 aliphatic heterocycles. The molecule has 162 valence electrons. The van der Waals surface area contributed by atoms with Crippen molar-refractivity contribution in [1.82, 2.24) is 0 Å². The molecule has 0 atom stereocenters. The van der Waals surface area contributed by atoms with Gasteiger partial charge in [-0.1, -0.05) is 6.92 Å². The van der Waals surface area contributed by atoms with Crippen LogP contribution in [0.2, 0.25) is 0 Å². The van der Waals surface area contributed by atoms with Gasteiger partial charge >= 0.3 is 11.9 Å². The maximum atomic E-state index is 12.7. The van der Waals surface area contributed by atoms with Crippen LogP contribution in [-0.4, -0.2) is 45.2 Å². The highest BCUT2D eigenvalue weighted by Crippen LogP contribution is 2.34. The molecule has 8 nitrogen and oxygen atoms in total. The van der Waals surface area contributed by atoms with Gasteiger partial charge in [0.25, 0.3) is 5.91 Å². The topological polar surface area (TPSA) is 116 Å². The fourth-order valence-electron chi connectivity index (χ4n) is 2.60. The first kappa shape index (κ1) is 23.6. The maximum Gasteiger partial charge on any atom is 0.348 e. The van der Waals surface area contributed by atoms with E-state index in [-0.39, 0.29) is 44.9 Å². The predicted molar refractivity (Wildman–Crippen MR) is 113 cm³/mol. The quantitative estimate of drug-likeness (QED) is 0.609. The highest BCUT2D eigenvalue weighted by molar-refractivity contribution is 7.91. The van der Waals surface area contributed by atoms with Crippen LogP contribution in [0.25, 0.3) is 0 Å². The van der Waals surface area contributed by atoms with Crippen molar-refractivity contribution in [2.75, 3.05) is 24.3 Å². The van der Waals surface area contributed by atoms with Crippen molar-refractivity contribution in [3.63, 3.8) is 0 Å². The molecule has 1 heterocycles. The number of sulfone groups is 1. The molecule has 30 heavy (non-hydrogen) atoms. The van der Waals surface area contributed by atoms with Crippen molar-refractivity contribution in [3.05, 3.63) is 45.8 Å². The fourth-order valence-corrected chi connectivity index (χ4v) is 4.57.